The van der Waals surface area contributed by atoms with Crippen molar-refractivity contribution in [3.8, 4) is 0 Å². The summed E-state index contributed by atoms with van der Waals surface area (Å²) in [7, 11) is 0. The van der Waals surface area contributed by atoms with Crippen molar-refractivity contribution in [2.45, 2.75) is 58.4 Å². The van der Waals surface area contributed by atoms with E-state index in [9.17, 15) is 4.39 Å². The highest BCUT2D eigenvalue weighted by Gasteiger charge is 2.26. The Morgan fingerprint density at radius 3 is 2.62 bits per heavy atom. The van der Waals surface area contributed by atoms with Gasteiger partial charge in [0.2, 0.25) is 0 Å². The van der Waals surface area contributed by atoms with Crippen LogP contribution in [0.15, 0.2) is 22.7 Å². The van der Waals surface area contributed by atoms with E-state index in [-0.39, 0.29) is 5.82 Å². The van der Waals surface area contributed by atoms with Gasteiger partial charge in [0, 0.05) is 10.5 Å². The molecule has 118 valence electrons. The zero-order chi connectivity index (χ0) is 15.2. The summed E-state index contributed by atoms with van der Waals surface area (Å²) < 4.78 is 14.9. The van der Waals surface area contributed by atoms with Gasteiger partial charge in [-0.2, -0.15) is 0 Å². The van der Waals surface area contributed by atoms with Crippen LogP contribution in [0.1, 0.15) is 51.5 Å². The first-order valence-electron chi connectivity index (χ1n) is 8.27. The average molecular weight is 356 g/mol. The number of nitrogens with one attached hydrogen (secondary N) is 1. The monoisotopic (exact) mass is 355 g/mol. The van der Waals surface area contributed by atoms with E-state index in [0.717, 1.165) is 35.3 Å². The number of rotatable bonds is 6. The fourth-order valence-corrected chi connectivity index (χ4v) is 3.68. The smallest absolute Gasteiger partial charge is 0.127 e. The Bertz CT molecular complexity index is 441. The molecule has 1 N–H and O–H groups in total. The molecule has 0 radical (unpaired) electrons. The van der Waals surface area contributed by atoms with Crippen molar-refractivity contribution in [2.24, 2.45) is 11.8 Å². The molecule has 1 aliphatic carbocycles. The number of benzene rings is 1. The lowest BCUT2D eigenvalue weighted by Crippen LogP contribution is -2.40. The van der Waals surface area contributed by atoms with E-state index in [1.165, 1.54) is 25.7 Å². The molecule has 0 bridgehead atoms. The maximum Gasteiger partial charge on any atom is 0.127 e. The summed E-state index contributed by atoms with van der Waals surface area (Å²) in [6, 6.07) is 5.85. The molecule has 1 aromatic carbocycles. The predicted molar refractivity (Wildman–Crippen MR) is 91.0 cm³/mol. The Labute approximate surface area is 136 Å². The van der Waals surface area contributed by atoms with Crippen LogP contribution >= 0.6 is 15.9 Å². The Hall–Kier alpha value is -0.410. The maximum atomic E-state index is 14.1. The molecule has 21 heavy (non-hydrogen) atoms. The second kappa shape index (κ2) is 8.28. The molecule has 0 amide bonds. The van der Waals surface area contributed by atoms with Crippen LogP contribution in [-0.2, 0) is 6.42 Å². The van der Waals surface area contributed by atoms with Gasteiger partial charge in [-0.15, -0.1) is 0 Å². The SMILES string of the molecule is CCCNC(Cc1ccc(Br)cc1F)C1CCC(C)CC1. The van der Waals surface area contributed by atoms with Crippen molar-refractivity contribution in [3.05, 3.63) is 34.1 Å². The van der Waals surface area contributed by atoms with Gasteiger partial charge in [-0.05, 0) is 61.8 Å². The lowest BCUT2D eigenvalue weighted by Gasteiger charge is -2.33. The molecule has 1 atom stereocenters. The molecule has 1 nitrogen and oxygen atoms in total. The van der Waals surface area contributed by atoms with Crippen molar-refractivity contribution in [1.29, 1.82) is 0 Å². The summed E-state index contributed by atoms with van der Waals surface area (Å²) in [5.41, 5.74) is 0.838. The molecule has 1 aromatic rings. The molecule has 0 saturated heterocycles. The Morgan fingerprint density at radius 2 is 2.00 bits per heavy atom. The minimum atomic E-state index is -0.0862. The van der Waals surface area contributed by atoms with Gasteiger partial charge in [-0.1, -0.05) is 48.7 Å². The third-order valence-corrected chi connectivity index (χ3v) is 5.23. The summed E-state index contributed by atoms with van der Waals surface area (Å²) >= 11 is 3.33. The van der Waals surface area contributed by atoms with E-state index in [1.54, 1.807) is 6.07 Å². The van der Waals surface area contributed by atoms with Crippen LogP contribution < -0.4 is 5.32 Å². The molecule has 1 saturated carbocycles. The van der Waals surface area contributed by atoms with Gasteiger partial charge in [0.15, 0.2) is 0 Å². The Morgan fingerprint density at radius 1 is 1.29 bits per heavy atom. The second-order valence-corrected chi connectivity index (χ2v) is 7.44. The zero-order valence-electron chi connectivity index (χ0n) is 13.2. The first kappa shape index (κ1) is 17.0. The number of hydrogen-bond acceptors (Lipinski definition) is 1. The Balaban J connectivity index is 2.04. The average Bonchev–Trinajstić information content (AvgIpc) is 2.46. The lowest BCUT2D eigenvalue weighted by atomic mass is 9.77. The fraction of sp³-hybridized carbons (Fsp3) is 0.667. The van der Waals surface area contributed by atoms with Crippen LogP contribution in [0.3, 0.4) is 0 Å². The number of hydrogen-bond donors (Lipinski definition) is 1. The van der Waals surface area contributed by atoms with Crippen molar-refractivity contribution < 1.29 is 4.39 Å². The lowest BCUT2D eigenvalue weighted by molar-refractivity contribution is 0.228. The molecule has 0 heterocycles. The summed E-state index contributed by atoms with van der Waals surface area (Å²) in [4.78, 5) is 0. The first-order chi connectivity index (χ1) is 10.1. The summed E-state index contributed by atoms with van der Waals surface area (Å²) in [5.74, 6) is 1.46. The minimum absolute atomic E-state index is 0.0862. The van der Waals surface area contributed by atoms with E-state index < -0.39 is 0 Å². The van der Waals surface area contributed by atoms with Crippen LogP contribution in [0.4, 0.5) is 4.39 Å². The van der Waals surface area contributed by atoms with E-state index >= 15 is 0 Å². The molecule has 3 heteroatoms. The molecule has 1 unspecified atom stereocenters. The molecule has 0 aliphatic heterocycles. The molecule has 1 aliphatic rings. The van der Waals surface area contributed by atoms with Gasteiger partial charge >= 0.3 is 0 Å². The summed E-state index contributed by atoms with van der Waals surface area (Å²) in [6.45, 7) is 5.56. The second-order valence-electron chi connectivity index (χ2n) is 6.52. The van der Waals surface area contributed by atoms with Crippen LogP contribution in [0.2, 0.25) is 0 Å². The van der Waals surface area contributed by atoms with E-state index in [4.69, 9.17) is 0 Å². The third kappa shape index (κ3) is 5.07. The first-order valence-corrected chi connectivity index (χ1v) is 9.06. The van der Waals surface area contributed by atoms with Crippen LogP contribution in [0, 0.1) is 17.7 Å². The predicted octanol–water partition coefficient (Wildman–Crippen LogP) is 5.33. The topological polar surface area (TPSA) is 12.0 Å². The van der Waals surface area contributed by atoms with Crippen LogP contribution in [0.25, 0.3) is 0 Å². The minimum Gasteiger partial charge on any atom is -0.313 e. The fourth-order valence-electron chi connectivity index (χ4n) is 3.35. The molecule has 0 spiro atoms. The van der Waals surface area contributed by atoms with Gasteiger partial charge in [0.1, 0.15) is 5.82 Å². The normalized spacial score (nSPS) is 24.0. The van der Waals surface area contributed by atoms with Gasteiger partial charge in [0.05, 0.1) is 0 Å². The highest BCUT2D eigenvalue weighted by atomic mass is 79.9. The van der Waals surface area contributed by atoms with Crippen LogP contribution in [-0.4, -0.2) is 12.6 Å². The van der Waals surface area contributed by atoms with Crippen LogP contribution in [0.5, 0.6) is 0 Å². The van der Waals surface area contributed by atoms with Crippen molar-refractivity contribution in [2.75, 3.05) is 6.54 Å². The highest BCUT2D eigenvalue weighted by Crippen LogP contribution is 2.32. The quantitative estimate of drug-likeness (QED) is 0.727. The molecular weight excluding hydrogens is 329 g/mol. The molecule has 2 rings (SSSR count). The molecular formula is C18H27BrFN. The van der Waals surface area contributed by atoms with Crippen molar-refractivity contribution >= 4 is 15.9 Å². The van der Waals surface area contributed by atoms with E-state index in [0.29, 0.717) is 12.0 Å². The van der Waals surface area contributed by atoms with Gasteiger partial charge in [-0.3, -0.25) is 0 Å². The zero-order valence-corrected chi connectivity index (χ0v) is 14.8. The van der Waals surface area contributed by atoms with E-state index in [1.807, 2.05) is 12.1 Å². The van der Waals surface area contributed by atoms with E-state index in [2.05, 4.69) is 35.1 Å². The third-order valence-electron chi connectivity index (χ3n) is 4.74. The largest absolute Gasteiger partial charge is 0.313 e. The van der Waals surface area contributed by atoms with Gasteiger partial charge < -0.3 is 5.32 Å². The molecule has 0 aromatic heterocycles. The number of halogens is 2. The van der Waals surface area contributed by atoms with Crippen molar-refractivity contribution in [1.82, 2.24) is 5.32 Å². The standard InChI is InChI=1S/C18H27BrFN/c1-3-10-21-18(14-6-4-13(2)5-7-14)11-15-8-9-16(19)12-17(15)20/h8-9,12-14,18,21H,3-7,10-11H2,1-2H3. The van der Waals surface area contributed by atoms with Gasteiger partial charge in [0.25, 0.3) is 0 Å². The summed E-state index contributed by atoms with van der Waals surface area (Å²) in [5, 5.41) is 3.67. The van der Waals surface area contributed by atoms with Gasteiger partial charge in [-0.25, -0.2) is 4.39 Å². The maximum absolute atomic E-state index is 14.1. The Kier molecular flexibility index (Phi) is 6.69. The molecule has 1 fully saturated rings. The highest BCUT2D eigenvalue weighted by molar-refractivity contribution is 9.10. The van der Waals surface area contributed by atoms with Crippen molar-refractivity contribution in [3.63, 3.8) is 0 Å². The summed E-state index contributed by atoms with van der Waals surface area (Å²) in [6.07, 6.45) is 7.12.